The first-order chi connectivity index (χ1) is 10.0. The number of nitriles is 1. The molecule has 2 N–H and O–H groups in total. The largest absolute Gasteiger partial charge is 0.495 e. The van der Waals surface area contributed by atoms with Crippen LogP contribution in [0.25, 0.3) is 0 Å². The molecular weight excluding hydrogens is 290 g/mol. The predicted octanol–water partition coefficient (Wildman–Crippen LogP) is 0.926. The van der Waals surface area contributed by atoms with Gasteiger partial charge in [-0.05, 0) is 43.5 Å². The topological polar surface area (TPSA) is 96.4 Å². The van der Waals surface area contributed by atoms with Gasteiger partial charge >= 0.3 is 0 Å². The lowest BCUT2D eigenvalue weighted by Gasteiger charge is -2.31. The standard InChI is InChI=1S/C14H19N3O3S/c1-20-13-7-11(8-15)4-5-14(13)21(18,19)17-6-2-3-12(9-16)10-17/h4-5,7,12H,2-3,6,9-10,16H2,1H3. The van der Waals surface area contributed by atoms with E-state index in [9.17, 15) is 8.42 Å². The first-order valence-corrected chi connectivity index (χ1v) is 8.25. The molecule has 1 heterocycles. The third kappa shape index (κ3) is 3.18. The van der Waals surface area contributed by atoms with Crippen LogP contribution < -0.4 is 10.5 Å². The van der Waals surface area contributed by atoms with Crippen LogP contribution in [0, 0.1) is 17.2 Å². The van der Waals surface area contributed by atoms with Gasteiger partial charge in [0.15, 0.2) is 0 Å². The Labute approximate surface area is 125 Å². The number of ether oxygens (including phenoxy) is 1. The molecule has 1 saturated heterocycles. The van der Waals surface area contributed by atoms with Gasteiger partial charge < -0.3 is 10.5 Å². The molecule has 1 aromatic rings. The van der Waals surface area contributed by atoms with Crippen molar-refractivity contribution in [3.63, 3.8) is 0 Å². The van der Waals surface area contributed by atoms with Crippen LogP contribution >= 0.6 is 0 Å². The average Bonchev–Trinajstić information content (AvgIpc) is 2.54. The quantitative estimate of drug-likeness (QED) is 0.892. The van der Waals surface area contributed by atoms with Gasteiger partial charge in [0.05, 0.1) is 18.7 Å². The van der Waals surface area contributed by atoms with Gasteiger partial charge in [0.25, 0.3) is 0 Å². The lowest BCUT2D eigenvalue weighted by Crippen LogP contribution is -2.42. The summed E-state index contributed by atoms with van der Waals surface area (Å²) < 4.78 is 32.1. The molecule has 0 bridgehead atoms. The molecule has 1 unspecified atom stereocenters. The Kier molecular flexibility index (Phi) is 4.83. The number of nitrogens with zero attached hydrogens (tertiary/aromatic N) is 2. The van der Waals surface area contributed by atoms with Crippen LogP contribution in [0.4, 0.5) is 0 Å². The van der Waals surface area contributed by atoms with Gasteiger partial charge in [0, 0.05) is 13.1 Å². The highest BCUT2D eigenvalue weighted by Crippen LogP contribution is 2.30. The second kappa shape index (κ2) is 6.43. The molecule has 0 saturated carbocycles. The normalized spacial score (nSPS) is 20.0. The SMILES string of the molecule is COc1cc(C#N)ccc1S(=O)(=O)N1CCCC(CN)C1. The maximum atomic E-state index is 12.8. The number of nitrogens with two attached hydrogens (primary N) is 1. The molecule has 1 fully saturated rings. The maximum Gasteiger partial charge on any atom is 0.246 e. The van der Waals surface area contributed by atoms with Gasteiger partial charge in [-0.15, -0.1) is 0 Å². The summed E-state index contributed by atoms with van der Waals surface area (Å²) in [5, 5.41) is 8.89. The summed E-state index contributed by atoms with van der Waals surface area (Å²) in [6.07, 6.45) is 1.76. The number of methoxy groups -OCH3 is 1. The van der Waals surface area contributed by atoms with Gasteiger partial charge in [0.1, 0.15) is 10.6 Å². The summed E-state index contributed by atoms with van der Waals surface area (Å²) in [5.41, 5.74) is 6.02. The van der Waals surface area contributed by atoms with Crippen LogP contribution in [-0.4, -0.2) is 39.5 Å². The number of benzene rings is 1. The fourth-order valence-electron chi connectivity index (χ4n) is 2.53. The summed E-state index contributed by atoms with van der Waals surface area (Å²) in [7, 11) is -2.23. The number of rotatable bonds is 4. The zero-order chi connectivity index (χ0) is 15.5. The van der Waals surface area contributed by atoms with Crippen LogP contribution in [0.3, 0.4) is 0 Å². The van der Waals surface area contributed by atoms with Crippen molar-refractivity contribution >= 4 is 10.0 Å². The predicted molar refractivity (Wildman–Crippen MR) is 78.2 cm³/mol. The molecular formula is C14H19N3O3S. The summed E-state index contributed by atoms with van der Waals surface area (Å²) in [6, 6.07) is 6.33. The highest BCUT2D eigenvalue weighted by molar-refractivity contribution is 7.89. The highest BCUT2D eigenvalue weighted by atomic mass is 32.2. The minimum atomic E-state index is -3.63. The van der Waals surface area contributed by atoms with Crippen molar-refractivity contribution in [2.45, 2.75) is 17.7 Å². The Morgan fingerprint density at radius 2 is 2.29 bits per heavy atom. The average molecular weight is 309 g/mol. The van der Waals surface area contributed by atoms with E-state index in [1.165, 1.54) is 29.6 Å². The summed E-state index contributed by atoms with van der Waals surface area (Å²) in [4.78, 5) is 0.0988. The molecule has 0 aliphatic carbocycles. The number of hydrogen-bond acceptors (Lipinski definition) is 5. The second-order valence-corrected chi connectivity index (χ2v) is 6.99. The fourth-order valence-corrected chi connectivity index (χ4v) is 4.22. The highest BCUT2D eigenvalue weighted by Gasteiger charge is 2.31. The van der Waals surface area contributed by atoms with E-state index in [2.05, 4.69) is 0 Å². The van der Waals surface area contributed by atoms with Crippen molar-refractivity contribution in [3.8, 4) is 11.8 Å². The van der Waals surface area contributed by atoms with Crippen molar-refractivity contribution in [1.29, 1.82) is 5.26 Å². The Morgan fingerprint density at radius 1 is 1.52 bits per heavy atom. The second-order valence-electron chi connectivity index (χ2n) is 5.08. The van der Waals surface area contributed by atoms with E-state index < -0.39 is 10.0 Å². The van der Waals surface area contributed by atoms with Crippen LogP contribution in [-0.2, 0) is 10.0 Å². The van der Waals surface area contributed by atoms with Gasteiger partial charge in [0.2, 0.25) is 10.0 Å². The van der Waals surface area contributed by atoms with Crippen molar-refractivity contribution in [3.05, 3.63) is 23.8 Å². The Morgan fingerprint density at radius 3 is 2.90 bits per heavy atom. The monoisotopic (exact) mass is 309 g/mol. The summed E-state index contributed by atoms with van der Waals surface area (Å²) in [6.45, 7) is 1.40. The fraction of sp³-hybridized carbons (Fsp3) is 0.500. The number of piperidine rings is 1. The summed E-state index contributed by atoms with van der Waals surface area (Å²) in [5.74, 6) is 0.391. The number of hydrogen-bond donors (Lipinski definition) is 1. The Bertz CT molecular complexity index is 652. The van der Waals surface area contributed by atoms with Crippen molar-refractivity contribution in [2.75, 3.05) is 26.7 Å². The first kappa shape index (κ1) is 15.8. The van der Waals surface area contributed by atoms with Gasteiger partial charge in [-0.1, -0.05) is 0 Å². The molecule has 1 aromatic carbocycles. The molecule has 6 nitrogen and oxygen atoms in total. The summed E-state index contributed by atoms with van der Waals surface area (Å²) >= 11 is 0. The smallest absolute Gasteiger partial charge is 0.246 e. The molecule has 1 aliphatic rings. The molecule has 2 rings (SSSR count). The Balaban J connectivity index is 2.37. The van der Waals surface area contributed by atoms with E-state index >= 15 is 0 Å². The maximum absolute atomic E-state index is 12.8. The van der Waals surface area contributed by atoms with Gasteiger partial charge in [-0.25, -0.2) is 8.42 Å². The molecule has 0 amide bonds. The zero-order valence-corrected chi connectivity index (χ0v) is 12.8. The van der Waals surface area contributed by atoms with Crippen LogP contribution in [0.15, 0.2) is 23.1 Å². The zero-order valence-electron chi connectivity index (χ0n) is 11.9. The molecule has 21 heavy (non-hydrogen) atoms. The third-order valence-electron chi connectivity index (χ3n) is 3.73. The Hall–Kier alpha value is -1.62. The van der Waals surface area contributed by atoms with E-state index in [1.54, 1.807) is 0 Å². The number of sulfonamides is 1. The van der Waals surface area contributed by atoms with Crippen LogP contribution in [0.1, 0.15) is 18.4 Å². The van der Waals surface area contributed by atoms with Gasteiger partial charge in [-0.2, -0.15) is 9.57 Å². The molecule has 7 heteroatoms. The first-order valence-electron chi connectivity index (χ1n) is 6.81. The molecule has 0 spiro atoms. The lowest BCUT2D eigenvalue weighted by molar-refractivity contribution is 0.270. The van der Waals surface area contributed by atoms with E-state index in [1.807, 2.05) is 6.07 Å². The van der Waals surface area contributed by atoms with Crippen molar-refractivity contribution < 1.29 is 13.2 Å². The molecule has 1 aliphatic heterocycles. The van der Waals surface area contributed by atoms with Crippen molar-refractivity contribution in [1.82, 2.24) is 4.31 Å². The van der Waals surface area contributed by atoms with Crippen LogP contribution in [0.2, 0.25) is 0 Å². The minimum absolute atomic E-state index is 0.0988. The molecule has 1 atom stereocenters. The molecule has 0 aromatic heterocycles. The van der Waals surface area contributed by atoms with Gasteiger partial charge in [-0.3, -0.25) is 0 Å². The van der Waals surface area contributed by atoms with E-state index in [0.29, 0.717) is 25.2 Å². The minimum Gasteiger partial charge on any atom is -0.495 e. The van der Waals surface area contributed by atoms with Crippen LogP contribution in [0.5, 0.6) is 5.75 Å². The molecule has 0 radical (unpaired) electrons. The molecule has 114 valence electrons. The van der Waals surface area contributed by atoms with E-state index in [-0.39, 0.29) is 16.6 Å². The van der Waals surface area contributed by atoms with Crippen molar-refractivity contribution in [2.24, 2.45) is 11.7 Å². The third-order valence-corrected chi connectivity index (χ3v) is 5.63. The van der Waals surface area contributed by atoms with E-state index in [4.69, 9.17) is 15.7 Å². The lowest BCUT2D eigenvalue weighted by atomic mass is 10.0. The van der Waals surface area contributed by atoms with E-state index in [0.717, 1.165) is 12.8 Å².